The molecule has 0 aliphatic rings. The van der Waals surface area contributed by atoms with Crippen LogP contribution in [0, 0.1) is 5.41 Å². The van der Waals surface area contributed by atoms with Crippen molar-refractivity contribution in [2.75, 3.05) is 0 Å². The monoisotopic (exact) mass is 234 g/mol. The highest BCUT2D eigenvalue weighted by atomic mass is 79.9. The van der Waals surface area contributed by atoms with E-state index < -0.39 is 0 Å². The molecule has 1 N–H and O–H groups in total. The average Bonchev–Trinajstić information content (AvgIpc) is 2.01. The van der Waals surface area contributed by atoms with Gasteiger partial charge in [-0.1, -0.05) is 49.5 Å². The van der Waals surface area contributed by atoms with E-state index in [1.807, 2.05) is 0 Å². The van der Waals surface area contributed by atoms with Crippen LogP contribution in [0.3, 0.4) is 0 Å². The van der Waals surface area contributed by atoms with E-state index in [1.165, 1.54) is 12.8 Å². The van der Waals surface area contributed by atoms with Crippen LogP contribution in [0.1, 0.15) is 40.0 Å². The van der Waals surface area contributed by atoms with Gasteiger partial charge < -0.3 is 5.11 Å². The van der Waals surface area contributed by atoms with Crippen LogP contribution in [-0.2, 0) is 0 Å². The second kappa shape index (κ2) is 5.76. The molecule has 0 fully saturated rings. The fourth-order valence-electron chi connectivity index (χ4n) is 1.11. The minimum atomic E-state index is -0.344. The summed E-state index contributed by atoms with van der Waals surface area (Å²) in [6, 6.07) is 0. The first kappa shape index (κ1) is 12.2. The van der Waals surface area contributed by atoms with Crippen LogP contribution in [0.4, 0.5) is 0 Å². The van der Waals surface area contributed by atoms with Gasteiger partial charge in [0, 0.05) is 0 Å². The van der Waals surface area contributed by atoms with E-state index in [9.17, 15) is 5.11 Å². The van der Waals surface area contributed by atoms with Crippen LogP contribution in [0.25, 0.3) is 0 Å². The molecule has 0 spiro atoms. The molecule has 0 aromatic heterocycles. The van der Waals surface area contributed by atoms with Crippen molar-refractivity contribution in [2.45, 2.75) is 46.1 Å². The van der Waals surface area contributed by atoms with Crippen LogP contribution in [0.2, 0.25) is 0 Å². The van der Waals surface area contributed by atoms with E-state index >= 15 is 0 Å². The van der Waals surface area contributed by atoms with Gasteiger partial charge in [-0.2, -0.15) is 0 Å². The molecular formula is C10H19BrO. The standard InChI is InChI=1S/C10H19BrO/c1-4-5-7-10(2,3)9(12)6-8-11/h6,8-9,12H,4-5,7H2,1-3H3/b8-6+/t9-/m1/s1. The lowest BCUT2D eigenvalue weighted by atomic mass is 9.82. The largest absolute Gasteiger partial charge is 0.388 e. The second-order valence-corrected chi connectivity index (χ2v) is 4.38. The van der Waals surface area contributed by atoms with Crippen LogP contribution < -0.4 is 0 Å². The first-order valence-electron chi connectivity index (χ1n) is 4.49. The zero-order valence-electron chi connectivity index (χ0n) is 8.18. The Kier molecular flexibility index (Phi) is 5.85. The molecule has 2 heteroatoms. The van der Waals surface area contributed by atoms with Crippen LogP contribution in [0.15, 0.2) is 11.1 Å². The van der Waals surface area contributed by atoms with Gasteiger partial charge in [-0.25, -0.2) is 0 Å². The number of aliphatic hydroxyl groups is 1. The lowest BCUT2D eigenvalue weighted by Gasteiger charge is -2.28. The molecule has 1 nitrogen and oxygen atoms in total. The molecular weight excluding hydrogens is 216 g/mol. The number of halogens is 1. The predicted molar refractivity (Wildman–Crippen MR) is 57.4 cm³/mol. The molecule has 0 saturated heterocycles. The molecule has 0 aromatic rings. The summed E-state index contributed by atoms with van der Waals surface area (Å²) in [5.74, 6) is 0. The van der Waals surface area contributed by atoms with Gasteiger partial charge in [0.1, 0.15) is 0 Å². The van der Waals surface area contributed by atoms with Crippen molar-refractivity contribution in [3.63, 3.8) is 0 Å². The lowest BCUT2D eigenvalue weighted by molar-refractivity contribution is 0.0818. The van der Waals surface area contributed by atoms with Gasteiger partial charge in [-0.15, -0.1) is 0 Å². The molecule has 0 aliphatic carbocycles. The minimum absolute atomic E-state index is 0.000278. The van der Waals surface area contributed by atoms with Crippen LogP contribution >= 0.6 is 15.9 Å². The first-order chi connectivity index (χ1) is 5.54. The molecule has 0 unspecified atom stereocenters. The number of hydrogen-bond donors (Lipinski definition) is 1. The van der Waals surface area contributed by atoms with Gasteiger partial charge in [0.05, 0.1) is 6.10 Å². The summed E-state index contributed by atoms with van der Waals surface area (Å²) >= 11 is 3.17. The molecule has 0 rings (SSSR count). The summed E-state index contributed by atoms with van der Waals surface area (Å²) < 4.78 is 0. The van der Waals surface area contributed by atoms with Crippen molar-refractivity contribution in [3.8, 4) is 0 Å². The van der Waals surface area contributed by atoms with Crippen molar-refractivity contribution >= 4 is 15.9 Å². The molecule has 0 saturated carbocycles. The highest BCUT2D eigenvalue weighted by Gasteiger charge is 2.24. The fourth-order valence-corrected chi connectivity index (χ4v) is 1.40. The van der Waals surface area contributed by atoms with Gasteiger partial charge in [0.15, 0.2) is 0 Å². The van der Waals surface area contributed by atoms with Crippen molar-refractivity contribution in [2.24, 2.45) is 5.41 Å². The van der Waals surface area contributed by atoms with Gasteiger partial charge in [-0.05, 0) is 22.9 Å². The lowest BCUT2D eigenvalue weighted by Crippen LogP contribution is -2.27. The van der Waals surface area contributed by atoms with Gasteiger partial charge >= 0.3 is 0 Å². The number of rotatable bonds is 5. The van der Waals surface area contributed by atoms with Crippen LogP contribution in [0.5, 0.6) is 0 Å². The summed E-state index contributed by atoms with van der Waals surface area (Å²) in [4.78, 5) is 1.73. The predicted octanol–water partition coefficient (Wildman–Crippen LogP) is 3.47. The smallest absolute Gasteiger partial charge is 0.0779 e. The third-order valence-electron chi connectivity index (χ3n) is 2.23. The normalized spacial score (nSPS) is 15.4. The van der Waals surface area contributed by atoms with Crippen LogP contribution in [-0.4, -0.2) is 11.2 Å². The Morgan fingerprint density at radius 1 is 1.50 bits per heavy atom. The quantitative estimate of drug-likeness (QED) is 0.773. The van der Waals surface area contributed by atoms with E-state index in [0.29, 0.717) is 0 Å². The minimum Gasteiger partial charge on any atom is -0.388 e. The summed E-state index contributed by atoms with van der Waals surface area (Å²) in [7, 11) is 0. The molecule has 0 aromatic carbocycles. The molecule has 12 heavy (non-hydrogen) atoms. The molecule has 0 aliphatic heterocycles. The Morgan fingerprint density at radius 2 is 2.08 bits per heavy atom. The van der Waals surface area contributed by atoms with Gasteiger partial charge in [0.25, 0.3) is 0 Å². The summed E-state index contributed by atoms with van der Waals surface area (Å²) in [6.45, 7) is 6.36. The fraction of sp³-hybridized carbons (Fsp3) is 0.800. The molecule has 0 amide bonds. The number of unbranched alkanes of at least 4 members (excludes halogenated alkanes) is 1. The summed E-state index contributed by atoms with van der Waals surface area (Å²) in [5.41, 5.74) is 0.000278. The van der Waals surface area contributed by atoms with Crippen molar-refractivity contribution in [1.82, 2.24) is 0 Å². The van der Waals surface area contributed by atoms with E-state index in [0.717, 1.165) is 6.42 Å². The Bertz CT molecular complexity index is 141. The van der Waals surface area contributed by atoms with E-state index in [-0.39, 0.29) is 11.5 Å². The Hall–Kier alpha value is 0.180. The highest BCUT2D eigenvalue weighted by Crippen LogP contribution is 2.28. The Balaban J connectivity index is 3.98. The SMILES string of the molecule is CCCCC(C)(C)[C@H](O)/C=C/Br. The Morgan fingerprint density at radius 3 is 2.50 bits per heavy atom. The van der Waals surface area contributed by atoms with Crippen molar-refractivity contribution in [3.05, 3.63) is 11.1 Å². The zero-order valence-corrected chi connectivity index (χ0v) is 9.76. The molecule has 0 heterocycles. The van der Waals surface area contributed by atoms with Crippen molar-refractivity contribution in [1.29, 1.82) is 0 Å². The maximum absolute atomic E-state index is 9.69. The summed E-state index contributed by atoms with van der Waals surface area (Å²) in [5, 5.41) is 9.69. The molecule has 0 bridgehead atoms. The topological polar surface area (TPSA) is 20.2 Å². The number of aliphatic hydroxyl groups excluding tert-OH is 1. The molecule has 1 atom stereocenters. The highest BCUT2D eigenvalue weighted by molar-refractivity contribution is 9.11. The number of hydrogen-bond acceptors (Lipinski definition) is 1. The maximum atomic E-state index is 9.69. The van der Waals surface area contributed by atoms with E-state index in [1.54, 1.807) is 11.1 Å². The maximum Gasteiger partial charge on any atom is 0.0779 e. The van der Waals surface area contributed by atoms with Gasteiger partial charge in [-0.3, -0.25) is 0 Å². The second-order valence-electron chi connectivity index (χ2n) is 3.86. The third-order valence-corrected chi connectivity index (χ3v) is 2.54. The molecule has 72 valence electrons. The molecule has 0 radical (unpaired) electrons. The average molecular weight is 235 g/mol. The van der Waals surface area contributed by atoms with E-state index in [4.69, 9.17) is 0 Å². The van der Waals surface area contributed by atoms with E-state index in [2.05, 4.69) is 36.7 Å². The third kappa shape index (κ3) is 4.27. The zero-order chi connectivity index (χ0) is 9.61. The van der Waals surface area contributed by atoms with Gasteiger partial charge in [0.2, 0.25) is 0 Å². The first-order valence-corrected chi connectivity index (χ1v) is 5.41. The van der Waals surface area contributed by atoms with Crippen molar-refractivity contribution < 1.29 is 5.11 Å². The summed E-state index contributed by atoms with van der Waals surface area (Å²) in [6.07, 6.45) is 4.88. The Labute approximate surface area is 84.0 Å².